The molecule has 0 N–H and O–H groups in total. The Morgan fingerprint density at radius 1 is 1.43 bits per heavy atom. The van der Waals surface area contributed by atoms with E-state index in [1.807, 2.05) is 0 Å². The molecule has 0 aromatic heterocycles. The van der Waals surface area contributed by atoms with E-state index < -0.39 is 0 Å². The van der Waals surface area contributed by atoms with Gasteiger partial charge in [0.1, 0.15) is 0 Å². The highest BCUT2D eigenvalue weighted by atomic mass is 31.1. The molecule has 7 heavy (non-hydrogen) atoms. The van der Waals surface area contributed by atoms with Crippen molar-refractivity contribution in [3.8, 4) is 0 Å². The van der Waals surface area contributed by atoms with Crippen molar-refractivity contribution in [2.45, 2.75) is 12.8 Å². The number of rotatable bonds is 0. The molecule has 1 aliphatic heterocycles. The molecule has 0 aromatic rings. The quantitative estimate of drug-likeness (QED) is 0.446. The second-order valence-electron chi connectivity index (χ2n) is 1.72. The Kier molecular flexibility index (Phi) is 2.04. The first-order valence-corrected chi connectivity index (χ1v) is 3.73. The summed E-state index contributed by atoms with van der Waals surface area (Å²) in [5, 5.41) is 10.4. The van der Waals surface area contributed by atoms with Crippen LogP contribution in [0.2, 0.25) is 0 Å². The first-order chi connectivity index (χ1) is 3.39. The molecule has 0 aromatic carbocycles. The number of hydroxylamine groups is 1. The molecule has 1 saturated heterocycles. The summed E-state index contributed by atoms with van der Waals surface area (Å²) in [4.78, 5) is 1.17. The summed E-state index contributed by atoms with van der Waals surface area (Å²) in [6.45, 7) is 0.776. The van der Waals surface area contributed by atoms with Crippen LogP contribution in [-0.2, 0) is 0 Å². The van der Waals surface area contributed by atoms with Crippen LogP contribution in [0.4, 0.5) is 0 Å². The molecule has 1 fully saturated rings. The van der Waals surface area contributed by atoms with Crippen LogP contribution in [0, 0.1) is 5.21 Å². The Morgan fingerprint density at radius 2 is 2.29 bits per heavy atom. The van der Waals surface area contributed by atoms with Crippen LogP contribution in [0.5, 0.6) is 0 Å². The van der Waals surface area contributed by atoms with Gasteiger partial charge in [0.2, 0.25) is 0 Å². The summed E-state index contributed by atoms with van der Waals surface area (Å²) in [6.07, 6.45) is 3.50. The number of nitrogens with zero attached hydrogens (tertiary/aromatic N) is 1. The zero-order valence-corrected chi connectivity index (χ0v) is 5.18. The molecule has 2 nitrogen and oxygen atoms in total. The van der Waals surface area contributed by atoms with Crippen molar-refractivity contribution in [1.82, 2.24) is 4.83 Å². The predicted molar refractivity (Wildman–Crippen MR) is 32.5 cm³/mol. The minimum absolute atomic E-state index is 0.553. The van der Waals surface area contributed by atoms with Crippen molar-refractivity contribution in [1.29, 1.82) is 0 Å². The third-order valence-corrected chi connectivity index (χ3v) is 2.23. The Hall–Kier alpha value is 0.350. The minimum Gasteiger partial charge on any atom is -0.782 e. The van der Waals surface area contributed by atoms with Gasteiger partial charge in [-0.3, -0.25) is 0 Å². The molecule has 0 saturated carbocycles. The van der Waals surface area contributed by atoms with Crippen molar-refractivity contribution in [3.63, 3.8) is 0 Å². The van der Waals surface area contributed by atoms with E-state index in [1.54, 1.807) is 0 Å². The molecular weight excluding hydrogens is 109 g/mol. The summed E-state index contributed by atoms with van der Waals surface area (Å²) in [5.74, 6) is 0. The first kappa shape index (κ1) is 5.49. The maximum absolute atomic E-state index is 10.4. The molecule has 0 bridgehead atoms. The summed E-state index contributed by atoms with van der Waals surface area (Å²) in [7, 11) is 0.553. The zero-order chi connectivity index (χ0) is 5.11. The van der Waals surface area contributed by atoms with Gasteiger partial charge in [0, 0.05) is 0 Å². The number of hydrogen-bond donors (Lipinski definition) is 0. The lowest BCUT2D eigenvalue weighted by molar-refractivity contribution is 0.548. The Balaban J connectivity index is 2.12. The largest absolute Gasteiger partial charge is 0.782 e. The van der Waals surface area contributed by atoms with Gasteiger partial charge >= 0.3 is 0 Å². The molecule has 1 atom stereocenters. The summed E-state index contributed by atoms with van der Waals surface area (Å²) >= 11 is 0. The third-order valence-electron chi connectivity index (χ3n) is 1.08. The Bertz CT molecular complexity index is 53.7. The molecule has 1 unspecified atom stereocenters. The molecular formula is C4H9NOP-. The molecule has 0 spiro atoms. The van der Waals surface area contributed by atoms with Gasteiger partial charge in [-0.2, -0.15) is 0 Å². The highest BCUT2D eigenvalue weighted by Crippen LogP contribution is 2.23. The molecule has 1 heterocycles. The topological polar surface area (TPSA) is 26.3 Å². The smallest absolute Gasteiger partial charge is 0.0114 e. The van der Waals surface area contributed by atoms with Gasteiger partial charge < -0.3 is 10.0 Å². The number of hydrogen-bond acceptors (Lipinski definition) is 2. The lowest BCUT2D eigenvalue weighted by atomic mass is 10.3. The average Bonchev–Trinajstić information content (AvgIpc) is 1.69. The molecule has 42 valence electrons. The van der Waals surface area contributed by atoms with Crippen LogP contribution in [0.1, 0.15) is 12.8 Å². The molecule has 3 heteroatoms. The fourth-order valence-electron chi connectivity index (χ4n) is 0.663. The Labute approximate surface area is 45.3 Å². The van der Waals surface area contributed by atoms with Crippen LogP contribution >= 0.6 is 8.73 Å². The maximum Gasteiger partial charge on any atom is -0.0114 e. The molecule has 1 aliphatic rings. The molecule has 0 amide bonds. The van der Waals surface area contributed by atoms with Gasteiger partial charge in [-0.15, -0.1) is 0 Å². The average molecular weight is 118 g/mol. The van der Waals surface area contributed by atoms with Gasteiger partial charge in [-0.05, 0) is 25.5 Å². The highest BCUT2D eigenvalue weighted by Gasteiger charge is 1.97. The zero-order valence-electron chi connectivity index (χ0n) is 4.18. The fourth-order valence-corrected chi connectivity index (χ4v) is 1.64. The van der Waals surface area contributed by atoms with E-state index in [0.29, 0.717) is 8.73 Å². The van der Waals surface area contributed by atoms with Crippen LogP contribution in [0.3, 0.4) is 0 Å². The monoisotopic (exact) mass is 118 g/mol. The van der Waals surface area contributed by atoms with Gasteiger partial charge in [0.05, 0.1) is 0 Å². The molecule has 0 aliphatic carbocycles. The van der Waals surface area contributed by atoms with E-state index in [4.69, 9.17) is 0 Å². The lowest BCUT2D eigenvalue weighted by Crippen LogP contribution is -2.12. The van der Waals surface area contributed by atoms with E-state index in [2.05, 4.69) is 0 Å². The second-order valence-corrected chi connectivity index (χ2v) is 3.03. The standard InChI is InChI=1S/C4H9NOP/c6-5-3-1-2-4-7-5/h7H,1-4H2/q-1. The second kappa shape index (κ2) is 2.61. The van der Waals surface area contributed by atoms with Gasteiger partial charge in [0.15, 0.2) is 0 Å². The van der Waals surface area contributed by atoms with Crippen molar-refractivity contribution >= 4 is 8.73 Å². The summed E-state index contributed by atoms with van der Waals surface area (Å²) < 4.78 is 0. The third kappa shape index (κ3) is 1.72. The summed E-state index contributed by atoms with van der Waals surface area (Å²) in [6, 6.07) is 0. The van der Waals surface area contributed by atoms with Crippen molar-refractivity contribution in [2.24, 2.45) is 0 Å². The van der Waals surface area contributed by atoms with Gasteiger partial charge in [0.25, 0.3) is 0 Å². The lowest BCUT2D eigenvalue weighted by Gasteiger charge is -2.31. The van der Waals surface area contributed by atoms with Crippen LogP contribution in [0.25, 0.3) is 0 Å². The normalized spacial score (nSPS) is 28.7. The van der Waals surface area contributed by atoms with E-state index >= 15 is 0 Å². The van der Waals surface area contributed by atoms with Crippen molar-refractivity contribution < 1.29 is 0 Å². The molecule has 1 rings (SSSR count). The first-order valence-electron chi connectivity index (χ1n) is 2.58. The summed E-state index contributed by atoms with van der Waals surface area (Å²) in [5.41, 5.74) is 0. The van der Waals surface area contributed by atoms with E-state index in [1.165, 1.54) is 11.3 Å². The van der Waals surface area contributed by atoms with E-state index in [9.17, 15) is 5.21 Å². The molecule has 0 radical (unpaired) electrons. The van der Waals surface area contributed by atoms with Crippen LogP contribution < -0.4 is 0 Å². The SMILES string of the molecule is [O-]N1CCCCP1. The van der Waals surface area contributed by atoms with Crippen molar-refractivity contribution in [3.05, 3.63) is 5.21 Å². The minimum atomic E-state index is 0.553. The van der Waals surface area contributed by atoms with E-state index in [-0.39, 0.29) is 0 Å². The highest BCUT2D eigenvalue weighted by molar-refractivity contribution is 7.35. The van der Waals surface area contributed by atoms with Crippen molar-refractivity contribution in [2.75, 3.05) is 12.7 Å². The van der Waals surface area contributed by atoms with E-state index in [0.717, 1.165) is 19.1 Å². The fraction of sp³-hybridized carbons (Fsp3) is 1.00. The van der Waals surface area contributed by atoms with Crippen LogP contribution in [0.15, 0.2) is 0 Å². The van der Waals surface area contributed by atoms with Gasteiger partial charge in [-0.25, -0.2) is 0 Å². The Morgan fingerprint density at radius 3 is 2.57 bits per heavy atom. The maximum atomic E-state index is 10.4. The predicted octanol–water partition coefficient (Wildman–Crippen LogP) is 1.17. The van der Waals surface area contributed by atoms with Crippen LogP contribution in [-0.4, -0.2) is 17.5 Å². The van der Waals surface area contributed by atoms with Gasteiger partial charge in [-0.1, -0.05) is 8.73 Å².